The molecule has 0 saturated heterocycles. The monoisotopic (exact) mass is 442 g/mol. The molecule has 0 bridgehead atoms. The first-order valence-corrected chi connectivity index (χ1v) is 8.93. The van der Waals surface area contributed by atoms with Crippen molar-refractivity contribution in [1.29, 1.82) is 0 Å². The van der Waals surface area contributed by atoms with Gasteiger partial charge in [-0.05, 0) is 38.0 Å². The van der Waals surface area contributed by atoms with Gasteiger partial charge in [-0.3, -0.25) is 10.1 Å². The van der Waals surface area contributed by atoms with E-state index in [1.165, 1.54) is 11.6 Å². The molecule has 0 N–H and O–H groups in total. The molecule has 0 aliphatic rings. The topological polar surface area (TPSA) is 56.2 Å². The van der Waals surface area contributed by atoms with Crippen LogP contribution in [0, 0.1) is 17.0 Å². The summed E-state index contributed by atoms with van der Waals surface area (Å²) >= 11 is 0. The second kappa shape index (κ2) is 9.46. The molecule has 2 aromatic carbocycles. The van der Waals surface area contributed by atoms with Crippen LogP contribution in [-0.4, -0.2) is 11.0 Å². The first-order valence-electron chi connectivity index (χ1n) is 8.93. The average Bonchev–Trinajstić information content (AvgIpc) is 2.64. The maximum atomic E-state index is 11.4. The number of halogens is 1. The van der Waals surface area contributed by atoms with Crippen LogP contribution in [0.5, 0.6) is 5.75 Å². The molecule has 6 heteroatoms. The van der Waals surface area contributed by atoms with Crippen LogP contribution in [0.3, 0.4) is 0 Å². The van der Waals surface area contributed by atoms with E-state index in [9.17, 15) is 10.1 Å². The molecule has 3 rings (SSSR count). The Morgan fingerprint density at radius 2 is 1.71 bits per heavy atom. The molecule has 0 aliphatic heterocycles. The van der Waals surface area contributed by atoms with Crippen molar-refractivity contribution in [3.8, 4) is 16.9 Å². The van der Waals surface area contributed by atoms with Gasteiger partial charge in [0, 0.05) is 23.3 Å². The minimum absolute atomic E-state index is 0. The lowest BCUT2D eigenvalue weighted by molar-refractivity contribution is -0.688. The van der Waals surface area contributed by atoms with Crippen LogP contribution in [0.4, 0.5) is 5.69 Å². The summed E-state index contributed by atoms with van der Waals surface area (Å²) in [5.74, 6) is 0.512. The Hall–Kier alpha value is -2.73. The zero-order chi connectivity index (χ0) is 19.4. The lowest BCUT2D eigenvalue weighted by Crippen LogP contribution is -3.00. The predicted octanol–water partition coefficient (Wildman–Crippen LogP) is 1.70. The van der Waals surface area contributed by atoms with Gasteiger partial charge >= 0.3 is 0 Å². The molecule has 0 radical (unpaired) electrons. The molecule has 3 aromatic rings. The van der Waals surface area contributed by atoms with E-state index in [0.29, 0.717) is 11.3 Å². The van der Waals surface area contributed by atoms with Crippen molar-refractivity contribution in [2.24, 2.45) is 0 Å². The van der Waals surface area contributed by atoms with Gasteiger partial charge in [-0.2, -0.15) is 0 Å². The Kier molecular flexibility index (Phi) is 7.29. The Morgan fingerprint density at radius 3 is 2.29 bits per heavy atom. The molecular weight excluding hydrogens is 420 g/mol. The molecular formula is C22H23BrN2O3. The minimum Gasteiger partial charge on any atom is -1.00 e. The van der Waals surface area contributed by atoms with Gasteiger partial charge < -0.3 is 21.7 Å². The van der Waals surface area contributed by atoms with E-state index < -0.39 is 0 Å². The molecule has 0 saturated carbocycles. The lowest BCUT2D eigenvalue weighted by Gasteiger charge is -2.13. The number of rotatable bonds is 6. The second-order valence-corrected chi connectivity index (χ2v) is 6.78. The van der Waals surface area contributed by atoms with Gasteiger partial charge in [0.05, 0.1) is 17.1 Å². The summed E-state index contributed by atoms with van der Waals surface area (Å²) in [5, 5.41) is 11.4. The van der Waals surface area contributed by atoms with Gasteiger partial charge in [0.2, 0.25) is 0 Å². The molecule has 0 amide bonds. The quantitative estimate of drug-likeness (QED) is 0.331. The van der Waals surface area contributed by atoms with Crippen LogP contribution >= 0.6 is 0 Å². The van der Waals surface area contributed by atoms with E-state index in [-0.39, 0.29) is 33.7 Å². The molecule has 5 nitrogen and oxygen atoms in total. The van der Waals surface area contributed by atoms with Crippen LogP contribution < -0.4 is 26.3 Å². The number of ether oxygens (including phenoxy) is 1. The number of nitro groups is 1. The molecule has 0 unspecified atom stereocenters. The first-order chi connectivity index (χ1) is 12.9. The SMILES string of the molecule is Cc1c(-c2cc[n+](Cc3ccccc3)cc2)cc(OC(C)C)cc1[N+](=O)[O-].[Br-]. The standard InChI is InChI=1S/C22H23N2O3.BrH/c1-16(2)27-20-13-21(17(3)22(14-20)24(25)26)19-9-11-23(12-10-19)15-18-7-5-4-6-8-18;/h4-14,16H,15H2,1-3H3;1H/q+1;/p-1. The van der Waals surface area contributed by atoms with Gasteiger partial charge in [0.15, 0.2) is 18.9 Å². The van der Waals surface area contributed by atoms with Crippen molar-refractivity contribution < 1.29 is 31.2 Å². The van der Waals surface area contributed by atoms with E-state index in [1.54, 1.807) is 6.92 Å². The second-order valence-electron chi connectivity index (χ2n) is 6.78. The first kappa shape index (κ1) is 21.6. The van der Waals surface area contributed by atoms with E-state index in [4.69, 9.17) is 4.74 Å². The number of nitrogens with zero attached hydrogens (tertiary/aromatic N) is 2. The van der Waals surface area contributed by atoms with Crippen molar-refractivity contribution in [3.63, 3.8) is 0 Å². The highest BCUT2D eigenvalue weighted by atomic mass is 79.9. The summed E-state index contributed by atoms with van der Waals surface area (Å²) in [4.78, 5) is 11.1. The number of benzene rings is 2. The highest BCUT2D eigenvalue weighted by Crippen LogP contribution is 2.34. The summed E-state index contributed by atoms with van der Waals surface area (Å²) in [5.41, 5.74) is 3.66. The fourth-order valence-corrected chi connectivity index (χ4v) is 3.04. The van der Waals surface area contributed by atoms with Crippen molar-refractivity contribution in [1.82, 2.24) is 0 Å². The van der Waals surface area contributed by atoms with Gasteiger partial charge in [-0.25, -0.2) is 4.57 Å². The summed E-state index contributed by atoms with van der Waals surface area (Å²) < 4.78 is 7.80. The third-order valence-corrected chi connectivity index (χ3v) is 4.33. The molecule has 28 heavy (non-hydrogen) atoms. The zero-order valence-corrected chi connectivity index (χ0v) is 17.7. The van der Waals surface area contributed by atoms with Gasteiger partial charge in [0.25, 0.3) is 5.69 Å². The third kappa shape index (κ3) is 5.16. The number of pyridine rings is 1. The predicted molar refractivity (Wildman–Crippen MR) is 105 cm³/mol. The summed E-state index contributed by atoms with van der Waals surface area (Å²) in [6.07, 6.45) is 3.93. The van der Waals surface area contributed by atoms with Crippen molar-refractivity contribution in [2.75, 3.05) is 0 Å². The van der Waals surface area contributed by atoms with Crippen molar-refractivity contribution in [2.45, 2.75) is 33.4 Å². The molecule has 1 heterocycles. The maximum Gasteiger partial charge on any atom is 0.276 e. The fraction of sp³-hybridized carbons (Fsp3) is 0.227. The zero-order valence-electron chi connectivity index (χ0n) is 16.1. The number of hydrogen-bond acceptors (Lipinski definition) is 3. The normalized spacial score (nSPS) is 10.4. The minimum atomic E-state index is -0.357. The van der Waals surface area contributed by atoms with Crippen molar-refractivity contribution >= 4 is 5.69 Å². The molecule has 0 atom stereocenters. The number of hydrogen-bond donors (Lipinski definition) is 0. The highest BCUT2D eigenvalue weighted by Gasteiger charge is 2.19. The third-order valence-electron chi connectivity index (χ3n) is 4.33. The van der Waals surface area contributed by atoms with E-state index in [2.05, 4.69) is 16.7 Å². The number of nitro benzene ring substituents is 1. The Balaban J connectivity index is 0.00000280. The van der Waals surface area contributed by atoms with E-state index in [1.807, 2.05) is 62.6 Å². The van der Waals surface area contributed by atoms with Crippen LogP contribution in [0.1, 0.15) is 25.0 Å². The van der Waals surface area contributed by atoms with Crippen LogP contribution in [0.2, 0.25) is 0 Å². The summed E-state index contributed by atoms with van der Waals surface area (Å²) in [7, 11) is 0. The van der Waals surface area contributed by atoms with Crippen LogP contribution in [-0.2, 0) is 6.54 Å². The molecule has 1 aromatic heterocycles. The maximum absolute atomic E-state index is 11.4. The molecule has 0 aliphatic carbocycles. The lowest BCUT2D eigenvalue weighted by atomic mass is 9.99. The van der Waals surface area contributed by atoms with Crippen LogP contribution in [0.15, 0.2) is 67.0 Å². The average molecular weight is 443 g/mol. The van der Waals surface area contributed by atoms with Gasteiger partial charge in [-0.1, -0.05) is 30.3 Å². The van der Waals surface area contributed by atoms with E-state index >= 15 is 0 Å². The summed E-state index contributed by atoms with van der Waals surface area (Å²) in [6.45, 7) is 6.36. The Labute approximate surface area is 175 Å². The molecule has 146 valence electrons. The smallest absolute Gasteiger partial charge is 0.276 e. The van der Waals surface area contributed by atoms with Gasteiger partial charge in [-0.15, -0.1) is 0 Å². The highest BCUT2D eigenvalue weighted by molar-refractivity contribution is 5.72. The van der Waals surface area contributed by atoms with Gasteiger partial charge in [0.1, 0.15) is 5.75 Å². The van der Waals surface area contributed by atoms with Crippen molar-refractivity contribution in [3.05, 3.63) is 88.2 Å². The Bertz CT molecular complexity index is 942. The molecule has 0 spiro atoms. The number of aromatic nitrogens is 1. The largest absolute Gasteiger partial charge is 1.00 e. The fourth-order valence-electron chi connectivity index (χ4n) is 3.04. The van der Waals surface area contributed by atoms with E-state index in [0.717, 1.165) is 17.7 Å². The Morgan fingerprint density at radius 1 is 1.07 bits per heavy atom. The van der Waals surface area contributed by atoms with Crippen LogP contribution in [0.25, 0.3) is 11.1 Å². The molecule has 0 fully saturated rings. The summed E-state index contributed by atoms with van der Waals surface area (Å²) in [6, 6.07) is 17.5.